The second-order valence-corrected chi connectivity index (χ2v) is 7.63. The third kappa shape index (κ3) is 3.49. The first-order valence-electron chi connectivity index (χ1n) is 7.08. The van der Waals surface area contributed by atoms with Gasteiger partial charge < -0.3 is 4.74 Å². The van der Waals surface area contributed by atoms with Crippen molar-refractivity contribution in [1.82, 2.24) is 4.98 Å². The summed E-state index contributed by atoms with van der Waals surface area (Å²) in [5, 5.41) is 0. The van der Waals surface area contributed by atoms with E-state index in [2.05, 4.69) is 61.5 Å². The predicted octanol–water partition coefficient (Wildman–Crippen LogP) is 4.81. The maximum atomic E-state index is 5.52. The Bertz CT molecular complexity index is 448. The van der Waals surface area contributed by atoms with Crippen LogP contribution in [0.5, 0.6) is 5.88 Å². The molecule has 0 radical (unpaired) electrons. The van der Waals surface area contributed by atoms with Gasteiger partial charge >= 0.3 is 0 Å². The van der Waals surface area contributed by atoms with E-state index in [0.717, 1.165) is 11.6 Å². The van der Waals surface area contributed by atoms with E-state index in [4.69, 9.17) is 9.72 Å². The van der Waals surface area contributed by atoms with Gasteiger partial charge in [0.15, 0.2) is 0 Å². The van der Waals surface area contributed by atoms with Gasteiger partial charge in [-0.2, -0.15) is 0 Å². The van der Waals surface area contributed by atoms with Gasteiger partial charge in [0.1, 0.15) is 0 Å². The lowest BCUT2D eigenvalue weighted by Crippen LogP contribution is -2.21. The minimum atomic E-state index is 0.0356. The highest BCUT2D eigenvalue weighted by atomic mass is 16.5. The molecule has 108 valence electrons. The summed E-state index contributed by atoms with van der Waals surface area (Å²) < 4.78 is 5.52. The van der Waals surface area contributed by atoms with Crippen molar-refractivity contribution in [3.63, 3.8) is 0 Å². The number of nitrogens with zero attached hydrogens (tertiary/aromatic N) is 1. The van der Waals surface area contributed by atoms with Gasteiger partial charge in [-0.3, -0.25) is 0 Å². The summed E-state index contributed by atoms with van der Waals surface area (Å²) in [5.74, 6) is 1.17. The minimum Gasteiger partial charge on any atom is -0.481 e. The average molecular weight is 263 g/mol. The highest BCUT2D eigenvalue weighted by molar-refractivity contribution is 5.42. The Hall–Kier alpha value is -1.05. The Morgan fingerprint density at radius 3 is 1.74 bits per heavy atom. The fourth-order valence-electron chi connectivity index (χ4n) is 2.24. The molecule has 2 heteroatoms. The first-order chi connectivity index (χ1) is 8.48. The Balaban J connectivity index is 3.62. The lowest BCUT2D eigenvalue weighted by Gasteiger charge is -2.29. The highest BCUT2D eigenvalue weighted by Gasteiger charge is 2.27. The number of methoxy groups -OCH3 is 1. The minimum absolute atomic E-state index is 0.0356. The van der Waals surface area contributed by atoms with E-state index in [1.165, 1.54) is 11.1 Å². The quantitative estimate of drug-likeness (QED) is 0.764. The molecule has 0 aliphatic rings. The SMILES string of the molecule is COc1nc(C(C)C)c(C(C)(C)C)cc1C(C)(C)C. The lowest BCUT2D eigenvalue weighted by atomic mass is 9.79. The molecule has 0 aromatic carbocycles. The van der Waals surface area contributed by atoms with Gasteiger partial charge in [-0.15, -0.1) is 0 Å². The van der Waals surface area contributed by atoms with Gasteiger partial charge in [0, 0.05) is 5.56 Å². The van der Waals surface area contributed by atoms with Crippen molar-refractivity contribution in [3.05, 3.63) is 22.9 Å². The van der Waals surface area contributed by atoms with Crippen LogP contribution in [0.4, 0.5) is 0 Å². The smallest absolute Gasteiger partial charge is 0.217 e. The molecule has 0 bridgehead atoms. The Labute approximate surface area is 118 Å². The zero-order valence-corrected chi connectivity index (χ0v) is 14.0. The molecule has 0 aliphatic heterocycles. The van der Waals surface area contributed by atoms with Crippen LogP contribution in [0, 0.1) is 0 Å². The van der Waals surface area contributed by atoms with Crippen LogP contribution in [-0.4, -0.2) is 12.1 Å². The molecule has 0 N–H and O–H groups in total. The Morgan fingerprint density at radius 2 is 1.42 bits per heavy atom. The fourth-order valence-corrected chi connectivity index (χ4v) is 2.24. The fraction of sp³-hybridized carbons (Fsp3) is 0.706. The maximum absolute atomic E-state index is 5.52. The molecule has 1 aromatic rings. The van der Waals surface area contributed by atoms with Gasteiger partial charge in [0.05, 0.1) is 12.8 Å². The first kappa shape index (κ1) is 16.0. The second-order valence-electron chi connectivity index (χ2n) is 7.63. The largest absolute Gasteiger partial charge is 0.481 e. The molecule has 0 saturated carbocycles. The Kier molecular flexibility index (Phi) is 4.33. The molecule has 2 nitrogen and oxygen atoms in total. The average Bonchev–Trinajstić information content (AvgIpc) is 2.24. The summed E-state index contributed by atoms with van der Waals surface area (Å²) in [6.45, 7) is 17.7. The van der Waals surface area contributed by atoms with Crippen LogP contribution in [0.25, 0.3) is 0 Å². The lowest BCUT2D eigenvalue weighted by molar-refractivity contribution is 0.376. The Morgan fingerprint density at radius 1 is 0.947 bits per heavy atom. The summed E-state index contributed by atoms with van der Waals surface area (Å²) in [6, 6.07) is 2.29. The van der Waals surface area contributed by atoms with Crippen molar-refractivity contribution in [3.8, 4) is 5.88 Å². The van der Waals surface area contributed by atoms with E-state index in [1.807, 2.05) is 0 Å². The molecule has 0 atom stereocenters. The summed E-state index contributed by atoms with van der Waals surface area (Å²) in [6.07, 6.45) is 0. The molecule has 1 heterocycles. The first-order valence-corrected chi connectivity index (χ1v) is 7.08. The van der Waals surface area contributed by atoms with E-state index in [1.54, 1.807) is 7.11 Å². The van der Waals surface area contributed by atoms with Gasteiger partial charge in [-0.05, 0) is 28.4 Å². The van der Waals surface area contributed by atoms with Gasteiger partial charge in [-0.25, -0.2) is 4.98 Å². The second kappa shape index (κ2) is 5.15. The van der Waals surface area contributed by atoms with Crippen LogP contribution in [0.15, 0.2) is 6.07 Å². The summed E-state index contributed by atoms with van der Waals surface area (Å²) in [4.78, 5) is 4.80. The number of hydrogen-bond acceptors (Lipinski definition) is 2. The van der Waals surface area contributed by atoms with Crippen molar-refractivity contribution in [2.45, 2.75) is 72.1 Å². The predicted molar refractivity (Wildman–Crippen MR) is 82.3 cm³/mol. The van der Waals surface area contributed by atoms with Gasteiger partial charge in [0.25, 0.3) is 0 Å². The van der Waals surface area contributed by atoms with Crippen LogP contribution < -0.4 is 4.74 Å². The molecule has 0 aliphatic carbocycles. The molecule has 0 unspecified atom stereocenters. The molecular formula is C17H29NO. The monoisotopic (exact) mass is 263 g/mol. The van der Waals surface area contributed by atoms with Crippen LogP contribution in [0.2, 0.25) is 0 Å². The summed E-state index contributed by atoms with van der Waals surface area (Å²) >= 11 is 0. The summed E-state index contributed by atoms with van der Waals surface area (Å²) in [7, 11) is 1.71. The number of hydrogen-bond donors (Lipinski definition) is 0. The normalized spacial score (nSPS) is 12.9. The van der Waals surface area contributed by atoms with E-state index < -0.39 is 0 Å². The third-order valence-electron chi connectivity index (χ3n) is 3.37. The van der Waals surface area contributed by atoms with Crippen molar-refractivity contribution in [2.75, 3.05) is 7.11 Å². The molecular weight excluding hydrogens is 234 g/mol. The van der Waals surface area contributed by atoms with Crippen LogP contribution in [-0.2, 0) is 10.8 Å². The van der Waals surface area contributed by atoms with E-state index in [9.17, 15) is 0 Å². The van der Waals surface area contributed by atoms with Crippen molar-refractivity contribution >= 4 is 0 Å². The third-order valence-corrected chi connectivity index (χ3v) is 3.37. The zero-order valence-electron chi connectivity index (χ0n) is 14.0. The van der Waals surface area contributed by atoms with E-state index in [0.29, 0.717) is 5.92 Å². The van der Waals surface area contributed by atoms with Crippen molar-refractivity contribution < 1.29 is 4.74 Å². The molecule has 0 saturated heterocycles. The van der Waals surface area contributed by atoms with Gasteiger partial charge in [0.2, 0.25) is 5.88 Å². The number of aromatic nitrogens is 1. The summed E-state index contributed by atoms with van der Waals surface area (Å²) in [5.41, 5.74) is 3.79. The standard InChI is InChI=1S/C17H29NO/c1-11(2)14-12(16(3,4)5)10-13(17(6,7)8)15(18-14)19-9/h10-11H,1-9H3. The zero-order chi connectivity index (χ0) is 15.0. The van der Waals surface area contributed by atoms with Crippen LogP contribution in [0.3, 0.4) is 0 Å². The van der Waals surface area contributed by atoms with Crippen LogP contribution >= 0.6 is 0 Å². The van der Waals surface area contributed by atoms with Crippen molar-refractivity contribution in [1.29, 1.82) is 0 Å². The molecule has 0 amide bonds. The van der Waals surface area contributed by atoms with Crippen LogP contribution in [0.1, 0.15) is 78.1 Å². The maximum Gasteiger partial charge on any atom is 0.217 e. The number of rotatable bonds is 2. The number of pyridine rings is 1. The molecule has 1 rings (SSSR count). The molecule has 1 aromatic heterocycles. The number of ether oxygens (including phenoxy) is 1. The van der Waals surface area contributed by atoms with Gasteiger partial charge in [-0.1, -0.05) is 55.4 Å². The van der Waals surface area contributed by atoms with E-state index in [-0.39, 0.29) is 10.8 Å². The molecule has 19 heavy (non-hydrogen) atoms. The van der Waals surface area contributed by atoms with Crippen molar-refractivity contribution in [2.24, 2.45) is 0 Å². The van der Waals surface area contributed by atoms with E-state index >= 15 is 0 Å². The topological polar surface area (TPSA) is 22.1 Å². The molecule has 0 spiro atoms. The highest BCUT2D eigenvalue weighted by Crippen LogP contribution is 2.37. The molecule has 0 fully saturated rings.